The van der Waals surface area contributed by atoms with Crippen molar-refractivity contribution in [2.24, 2.45) is 0 Å². The van der Waals surface area contributed by atoms with Crippen molar-refractivity contribution in [3.8, 4) is 22.3 Å². The molecule has 152 valence electrons. The number of furan rings is 1. The minimum Gasteiger partial charge on any atom is -0.456 e. The average molecular weight is 412 g/mol. The molecule has 0 bridgehead atoms. The second-order valence-corrected chi connectivity index (χ2v) is 7.96. The summed E-state index contributed by atoms with van der Waals surface area (Å²) in [6.07, 6.45) is 0. The smallest absolute Gasteiger partial charge is 0.136 e. The second-order valence-electron chi connectivity index (χ2n) is 7.96. The molecule has 0 atom stereocenters. The Bertz CT molecular complexity index is 1510. The van der Waals surface area contributed by atoms with E-state index in [2.05, 4.69) is 102 Å². The summed E-state index contributed by atoms with van der Waals surface area (Å²) in [5, 5.41) is 5.72. The molecule has 0 fully saturated rings. The van der Waals surface area contributed by atoms with Crippen LogP contribution in [-0.2, 0) is 0 Å². The molecule has 32 heavy (non-hydrogen) atoms. The first kappa shape index (κ1) is 18.5. The van der Waals surface area contributed by atoms with Gasteiger partial charge in [0.15, 0.2) is 0 Å². The molecule has 5 aromatic carbocycles. The van der Waals surface area contributed by atoms with Crippen molar-refractivity contribution in [2.45, 2.75) is 0 Å². The van der Waals surface area contributed by atoms with Gasteiger partial charge in [-0.25, -0.2) is 0 Å². The van der Waals surface area contributed by atoms with E-state index in [0.717, 1.165) is 33.3 Å². The van der Waals surface area contributed by atoms with Crippen LogP contribution < -0.4 is 5.32 Å². The molecule has 1 N–H and O–H groups in total. The van der Waals surface area contributed by atoms with Crippen LogP contribution >= 0.6 is 0 Å². The summed E-state index contributed by atoms with van der Waals surface area (Å²) >= 11 is 0. The zero-order chi connectivity index (χ0) is 21.3. The number of anilines is 2. The molecule has 6 aromatic rings. The lowest BCUT2D eigenvalue weighted by Crippen LogP contribution is -1.89. The molecule has 0 aliphatic rings. The van der Waals surface area contributed by atoms with Crippen molar-refractivity contribution >= 4 is 33.3 Å². The largest absolute Gasteiger partial charge is 0.456 e. The quantitative estimate of drug-likeness (QED) is 0.314. The standard InChI is InChI=1S/C30H21NO/c1-3-7-21(8-4-1)24-13-17-27-28-19-23(14-18-29(28)32-30(27)20-24)22-11-15-26(16-12-22)31-25-9-5-2-6-10-25/h1-20,31H. The first-order valence-electron chi connectivity index (χ1n) is 10.8. The first-order chi connectivity index (χ1) is 15.8. The number of fused-ring (bicyclic) bond motifs is 3. The molecule has 0 amide bonds. The third kappa shape index (κ3) is 3.42. The molecule has 1 heterocycles. The zero-order valence-electron chi connectivity index (χ0n) is 17.5. The van der Waals surface area contributed by atoms with Gasteiger partial charge in [-0.05, 0) is 70.8 Å². The SMILES string of the molecule is c1ccc(Nc2ccc(-c3ccc4oc5cc(-c6ccccc6)ccc5c4c3)cc2)cc1. The summed E-state index contributed by atoms with van der Waals surface area (Å²) in [6.45, 7) is 0. The molecule has 0 aliphatic heterocycles. The molecule has 0 saturated heterocycles. The van der Waals surface area contributed by atoms with Crippen molar-refractivity contribution in [1.82, 2.24) is 0 Å². The number of hydrogen-bond donors (Lipinski definition) is 1. The summed E-state index contributed by atoms with van der Waals surface area (Å²) in [7, 11) is 0. The first-order valence-corrected chi connectivity index (χ1v) is 10.8. The Morgan fingerprint density at radius 2 is 1.00 bits per heavy atom. The average Bonchev–Trinajstić information content (AvgIpc) is 3.23. The number of para-hydroxylation sites is 1. The van der Waals surface area contributed by atoms with E-state index in [1.807, 2.05) is 24.3 Å². The lowest BCUT2D eigenvalue weighted by molar-refractivity contribution is 0.669. The van der Waals surface area contributed by atoms with Gasteiger partial charge in [-0.3, -0.25) is 0 Å². The Balaban J connectivity index is 1.34. The molecule has 0 unspecified atom stereocenters. The lowest BCUT2D eigenvalue weighted by Gasteiger charge is -2.08. The maximum atomic E-state index is 6.18. The normalized spacial score (nSPS) is 11.1. The fraction of sp³-hybridized carbons (Fsp3) is 0. The Labute approximate surface area is 186 Å². The van der Waals surface area contributed by atoms with Gasteiger partial charge < -0.3 is 9.73 Å². The van der Waals surface area contributed by atoms with Crippen molar-refractivity contribution in [3.05, 3.63) is 121 Å². The van der Waals surface area contributed by atoms with E-state index in [1.165, 1.54) is 22.3 Å². The van der Waals surface area contributed by atoms with E-state index in [1.54, 1.807) is 0 Å². The van der Waals surface area contributed by atoms with Gasteiger partial charge in [0.2, 0.25) is 0 Å². The third-order valence-corrected chi connectivity index (χ3v) is 5.86. The number of benzene rings is 5. The van der Waals surface area contributed by atoms with Crippen LogP contribution in [0.1, 0.15) is 0 Å². The van der Waals surface area contributed by atoms with Crippen molar-refractivity contribution in [1.29, 1.82) is 0 Å². The van der Waals surface area contributed by atoms with Crippen molar-refractivity contribution in [2.75, 3.05) is 5.32 Å². The molecular formula is C30H21NO. The predicted octanol–water partition coefficient (Wildman–Crippen LogP) is 8.66. The summed E-state index contributed by atoms with van der Waals surface area (Å²) in [4.78, 5) is 0. The van der Waals surface area contributed by atoms with E-state index in [0.29, 0.717) is 0 Å². The van der Waals surface area contributed by atoms with Crippen LogP contribution in [0.3, 0.4) is 0 Å². The topological polar surface area (TPSA) is 25.2 Å². The number of rotatable bonds is 4. The van der Waals surface area contributed by atoms with Gasteiger partial charge in [0, 0.05) is 22.1 Å². The summed E-state index contributed by atoms with van der Waals surface area (Å²) in [5.74, 6) is 0. The molecule has 0 spiro atoms. The Kier molecular flexibility index (Phi) is 4.47. The van der Waals surface area contributed by atoms with E-state index >= 15 is 0 Å². The lowest BCUT2D eigenvalue weighted by atomic mass is 10.0. The van der Waals surface area contributed by atoms with Gasteiger partial charge in [-0.2, -0.15) is 0 Å². The van der Waals surface area contributed by atoms with Gasteiger partial charge in [-0.1, -0.05) is 72.8 Å². The predicted molar refractivity (Wildman–Crippen MR) is 134 cm³/mol. The number of nitrogens with one attached hydrogen (secondary N) is 1. The van der Waals surface area contributed by atoms with Gasteiger partial charge in [0.05, 0.1) is 0 Å². The van der Waals surface area contributed by atoms with Crippen LogP contribution in [0.15, 0.2) is 126 Å². The van der Waals surface area contributed by atoms with Gasteiger partial charge in [0.1, 0.15) is 11.2 Å². The summed E-state index contributed by atoms with van der Waals surface area (Å²) in [5.41, 5.74) is 8.71. The Morgan fingerprint density at radius 3 is 1.78 bits per heavy atom. The fourth-order valence-electron chi connectivity index (χ4n) is 4.20. The Morgan fingerprint density at radius 1 is 0.406 bits per heavy atom. The minimum absolute atomic E-state index is 0.913. The van der Waals surface area contributed by atoms with Crippen LogP contribution in [-0.4, -0.2) is 0 Å². The monoisotopic (exact) mass is 411 g/mol. The van der Waals surface area contributed by atoms with Crippen LogP contribution in [0.25, 0.3) is 44.2 Å². The van der Waals surface area contributed by atoms with Gasteiger partial charge in [0.25, 0.3) is 0 Å². The molecule has 0 aliphatic carbocycles. The Hall–Kier alpha value is -4.30. The second kappa shape index (κ2) is 7.75. The molecular weight excluding hydrogens is 390 g/mol. The van der Waals surface area contributed by atoms with E-state index in [4.69, 9.17) is 4.42 Å². The van der Waals surface area contributed by atoms with Gasteiger partial charge >= 0.3 is 0 Å². The van der Waals surface area contributed by atoms with Crippen molar-refractivity contribution in [3.63, 3.8) is 0 Å². The highest BCUT2D eigenvalue weighted by molar-refractivity contribution is 6.07. The summed E-state index contributed by atoms with van der Waals surface area (Å²) < 4.78 is 6.18. The molecule has 6 rings (SSSR count). The van der Waals surface area contributed by atoms with Crippen LogP contribution in [0.2, 0.25) is 0 Å². The zero-order valence-corrected chi connectivity index (χ0v) is 17.5. The highest BCUT2D eigenvalue weighted by Crippen LogP contribution is 2.35. The molecule has 2 nitrogen and oxygen atoms in total. The third-order valence-electron chi connectivity index (χ3n) is 5.86. The van der Waals surface area contributed by atoms with Crippen molar-refractivity contribution < 1.29 is 4.42 Å². The maximum absolute atomic E-state index is 6.18. The maximum Gasteiger partial charge on any atom is 0.136 e. The molecule has 0 saturated carbocycles. The van der Waals surface area contributed by atoms with Crippen LogP contribution in [0.5, 0.6) is 0 Å². The molecule has 2 heteroatoms. The molecule has 1 aromatic heterocycles. The van der Waals surface area contributed by atoms with Crippen LogP contribution in [0, 0.1) is 0 Å². The number of hydrogen-bond acceptors (Lipinski definition) is 2. The summed E-state index contributed by atoms with van der Waals surface area (Å²) in [6, 6.07) is 42.1. The van der Waals surface area contributed by atoms with E-state index < -0.39 is 0 Å². The van der Waals surface area contributed by atoms with Gasteiger partial charge in [-0.15, -0.1) is 0 Å². The van der Waals surface area contributed by atoms with Crippen LogP contribution in [0.4, 0.5) is 11.4 Å². The highest BCUT2D eigenvalue weighted by Gasteiger charge is 2.10. The minimum atomic E-state index is 0.913. The fourth-order valence-corrected chi connectivity index (χ4v) is 4.20. The molecule has 0 radical (unpaired) electrons. The highest BCUT2D eigenvalue weighted by atomic mass is 16.3. The van der Waals surface area contributed by atoms with E-state index in [9.17, 15) is 0 Å². The van der Waals surface area contributed by atoms with E-state index in [-0.39, 0.29) is 0 Å².